The number of nitrogens with zero attached hydrogens (tertiary/aromatic N) is 2. The van der Waals surface area contributed by atoms with Crippen LogP contribution < -0.4 is 3.07 Å². The summed E-state index contributed by atoms with van der Waals surface area (Å²) in [6.07, 6.45) is 2.77. The molecule has 0 bridgehead atoms. The average molecular weight is 515 g/mol. The second-order valence-corrected chi connectivity index (χ2v) is 8.77. The molecule has 1 amide bonds. The highest BCUT2D eigenvalue weighted by atomic mass is 127. The van der Waals surface area contributed by atoms with E-state index in [4.69, 9.17) is 15.3 Å². The van der Waals surface area contributed by atoms with Gasteiger partial charge in [-0.3, -0.25) is 9.69 Å². The van der Waals surface area contributed by atoms with Crippen molar-refractivity contribution in [2.24, 2.45) is 0 Å². The van der Waals surface area contributed by atoms with E-state index in [-0.39, 0.29) is 24.0 Å². The van der Waals surface area contributed by atoms with Crippen LogP contribution in [0.15, 0.2) is 48.5 Å². The van der Waals surface area contributed by atoms with E-state index >= 15 is 0 Å². The van der Waals surface area contributed by atoms with Gasteiger partial charge in [-0.15, -0.1) is 0 Å². The van der Waals surface area contributed by atoms with Crippen LogP contribution in [0.1, 0.15) is 35.7 Å². The van der Waals surface area contributed by atoms with Gasteiger partial charge in [0.05, 0.1) is 6.04 Å². The zero-order chi connectivity index (χ0) is 19.7. The van der Waals surface area contributed by atoms with Crippen LogP contribution in [-0.4, -0.2) is 37.9 Å². The highest BCUT2D eigenvalue weighted by molar-refractivity contribution is 14.1. The predicted octanol–water partition coefficient (Wildman–Crippen LogP) is 4.50. The Balaban J connectivity index is 1.57. The molecule has 5 nitrogen and oxygen atoms in total. The first-order valence-electron chi connectivity index (χ1n) is 9.81. The maximum absolute atomic E-state index is 13.4. The van der Waals surface area contributed by atoms with E-state index in [0.29, 0.717) is 11.5 Å². The van der Waals surface area contributed by atoms with Crippen LogP contribution in [0.2, 0.25) is 0 Å². The first-order chi connectivity index (χ1) is 14.2. The zero-order valence-corrected chi connectivity index (χ0v) is 18.4. The molecule has 3 aromatic rings. The second kappa shape index (κ2) is 6.43. The van der Waals surface area contributed by atoms with E-state index in [2.05, 4.69) is 34.1 Å². The lowest BCUT2D eigenvalue weighted by atomic mass is 9.89. The lowest BCUT2D eigenvalue weighted by Crippen LogP contribution is -2.44. The van der Waals surface area contributed by atoms with Crippen molar-refractivity contribution in [3.8, 4) is 5.75 Å². The topological polar surface area (TPSA) is 48.6 Å². The van der Waals surface area contributed by atoms with Crippen LogP contribution in [0.25, 0.3) is 10.9 Å². The summed E-state index contributed by atoms with van der Waals surface area (Å²) < 4.78 is 5.45. The quantitative estimate of drug-likeness (QED) is 0.413. The smallest absolute Gasteiger partial charge is 0.252 e. The molecule has 2 aromatic carbocycles. The molecule has 1 aliphatic carbocycles. The molecule has 1 N–H and O–H groups in total. The molecule has 7 heteroatoms. The van der Waals surface area contributed by atoms with Crippen LogP contribution in [0.4, 0.5) is 0 Å². The monoisotopic (exact) mass is 515 g/mol. The summed E-state index contributed by atoms with van der Waals surface area (Å²) in [5, 5.41) is 1.86. The Kier molecular flexibility index (Phi) is 3.93. The number of rotatable bonds is 3. The minimum Gasteiger partial charge on any atom is -0.428 e. The number of carbonyl (C=O) groups is 1. The number of nitrogens with one attached hydrogen (secondary N) is 1. The van der Waals surface area contributed by atoms with Crippen molar-refractivity contribution in [3.05, 3.63) is 65.4 Å². The lowest BCUT2D eigenvalue weighted by Gasteiger charge is -2.37. The third kappa shape index (κ3) is 2.56. The van der Waals surface area contributed by atoms with Gasteiger partial charge >= 0.3 is 0 Å². The van der Waals surface area contributed by atoms with E-state index in [0.717, 1.165) is 35.4 Å². The highest BCUT2D eigenvalue weighted by Crippen LogP contribution is 2.46. The molecule has 1 saturated carbocycles. The third-order valence-corrected chi connectivity index (χ3v) is 7.17. The summed E-state index contributed by atoms with van der Waals surface area (Å²) in [6, 6.07) is 16.3. The summed E-state index contributed by atoms with van der Waals surface area (Å²) in [4.78, 5) is 21.0. The molecule has 0 spiro atoms. The number of amides is 1. The largest absolute Gasteiger partial charge is 0.428 e. The van der Waals surface area contributed by atoms with Gasteiger partial charge in [0, 0.05) is 29.1 Å². The van der Waals surface area contributed by atoms with Gasteiger partial charge in [-0.2, -0.15) is 0 Å². The molecule has 2 unspecified atom stereocenters. The Morgan fingerprint density at radius 1 is 1.14 bits per heavy atom. The molecule has 2 fully saturated rings. The second-order valence-electron chi connectivity index (χ2n) is 7.96. The maximum atomic E-state index is 13.4. The normalized spacial score (nSPS) is 23.5. The van der Waals surface area contributed by atoms with Gasteiger partial charge < -0.3 is 13.0 Å². The van der Waals surface area contributed by atoms with Crippen LogP contribution in [0, 0.1) is 0 Å². The standard InChI is InChI=1S/C22H18IN3O2S/c23-28-14-5-3-4-12(10-14)20-19-16(15-6-1-2-7-17(15)24-19)11-18-21(27)25(13-8-9-13)22(29)26(18)20/h1-7,10,13,18,20,24H,8-9,11H2. The molecule has 146 valence electrons. The summed E-state index contributed by atoms with van der Waals surface area (Å²) in [5.41, 5.74) is 4.52. The number of halogens is 1. The lowest BCUT2D eigenvalue weighted by molar-refractivity contribution is -0.128. The van der Waals surface area contributed by atoms with Crippen LogP contribution >= 0.6 is 35.2 Å². The summed E-state index contributed by atoms with van der Waals surface area (Å²) >= 11 is 7.77. The van der Waals surface area contributed by atoms with Crippen molar-refractivity contribution < 1.29 is 7.86 Å². The number of aromatic nitrogens is 1. The van der Waals surface area contributed by atoms with Gasteiger partial charge in [-0.05, 0) is 54.4 Å². The molecular weight excluding hydrogens is 497 g/mol. The molecule has 2 atom stereocenters. The summed E-state index contributed by atoms with van der Waals surface area (Å²) in [6.45, 7) is 0. The van der Waals surface area contributed by atoms with Gasteiger partial charge in [-0.25, -0.2) is 0 Å². The van der Waals surface area contributed by atoms with Crippen molar-refractivity contribution in [2.45, 2.75) is 37.4 Å². The van der Waals surface area contributed by atoms with E-state index in [1.165, 1.54) is 10.9 Å². The number of hydrogen-bond donors (Lipinski definition) is 1. The average Bonchev–Trinajstić information content (AvgIpc) is 3.46. The maximum Gasteiger partial charge on any atom is 0.252 e. The SMILES string of the molecule is O=C1C2Cc3c([nH]c4ccccc34)C(c3cccc(OI)c3)N2C(=S)N1C1CC1. The number of fused-ring (bicyclic) bond motifs is 4. The molecule has 1 saturated heterocycles. The van der Waals surface area contributed by atoms with Gasteiger partial charge in [0.15, 0.2) is 28.1 Å². The number of para-hydroxylation sites is 1. The van der Waals surface area contributed by atoms with Crippen molar-refractivity contribution in [3.63, 3.8) is 0 Å². The molecular formula is C22H18IN3O2S. The fourth-order valence-electron chi connectivity index (χ4n) is 4.84. The van der Waals surface area contributed by atoms with E-state index in [1.807, 2.05) is 52.2 Å². The summed E-state index contributed by atoms with van der Waals surface area (Å²) in [5.74, 6) is 0.943. The van der Waals surface area contributed by atoms with Gasteiger partial charge in [-0.1, -0.05) is 30.3 Å². The van der Waals surface area contributed by atoms with E-state index < -0.39 is 0 Å². The van der Waals surface area contributed by atoms with Gasteiger partial charge in [0.2, 0.25) is 0 Å². The third-order valence-electron chi connectivity index (χ3n) is 6.26. The number of aromatic amines is 1. The molecule has 3 aliphatic rings. The molecule has 0 radical (unpaired) electrons. The van der Waals surface area contributed by atoms with Crippen LogP contribution in [0.5, 0.6) is 5.75 Å². The van der Waals surface area contributed by atoms with Crippen molar-refractivity contribution in [1.82, 2.24) is 14.8 Å². The van der Waals surface area contributed by atoms with Crippen molar-refractivity contribution in [2.75, 3.05) is 0 Å². The van der Waals surface area contributed by atoms with Crippen molar-refractivity contribution in [1.29, 1.82) is 0 Å². The molecule has 2 aliphatic heterocycles. The minimum atomic E-state index is -0.246. The highest BCUT2D eigenvalue weighted by Gasteiger charge is 2.53. The van der Waals surface area contributed by atoms with Crippen molar-refractivity contribution >= 4 is 57.1 Å². The summed E-state index contributed by atoms with van der Waals surface area (Å²) in [7, 11) is 0. The fraction of sp³-hybridized carbons (Fsp3) is 0.273. The Labute approximate surface area is 187 Å². The fourth-order valence-corrected chi connectivity index (χ4v) is 5.59. The number of hydrogen-bond acceptors (Lipinski definition) is 3. The zero-order valence-electron chi connectivity index (χ0n) is 15.5. The Morgan fingerprint density at radius 3 is 2.76 bits per heavy atom. The van der Waals surface area contributed by atoms with Crippen LogP contribution in [0.3, 0.4) is 0 Å². The Bertz CT molecular complexity index is 1170. The number of H-pyrrole nitrogens is 1. The minimum absolute atomic E-state index is 0.136. The number of thiocarbonyl (C=S) groups is 1. The molecule has 29 heavy (non-hydrogen) atoms. The Morgan fingerprint density at radius 2 is 1.97 bits per heavy atom. The predicted molar refractivity (Wildman–Crippen MR) is 123 cm³/mol. The van der Waals surface area contributed by atoms with E-state index in [1.54, 1.807) is 0 Å². The first kappa shape index (κ1) is 17.7. The van der Waals surface area contributed by atoms with Crippen LogP contribution in [-0.2, 0) is 11.2 Å². The Hall–Kier alpha value is -2.13. The van der Waals surface area contributed by atoms with Gasteiger partial charge in [0.1, 0.15) is 11.8 Å². The molecule has 3 heterocycles. The first-order valence-corrected chi connectivity index (χ1v) is 11.1. The van der Waals surface area contributed by atoms with E-state index in [9.17, 15) is 4.79 Å². The number of carbonyl (C=O) groups excluding carboxylic acids is 1. The number of benzene rings is 2. The van der Waals surface area contributed by atoms with Gasteiger partial charge in [0.25, 0.3) is 5.91 Å². The molecule has 6 rings (SSSR count). The molecule has 1 aromatic heterocycles.